The summed E-state index contributed by atoms with van der Waals surface area (Å²) in [6.07, 6.45) is 0. The highest BCUT2D eigenvalue weighted by Gasteiger charge is 2.05. The molecule has 0 aliphatic carbocycles. The van der Waals surface area contributed by atoms with E-state index in [0.717, 1.165) is 11.3 Å². The van der Waals surface area contributed by atoms with Crippen molar-refractivity contribution in [1.82, 2.24) is 0 Å². The highest BCUT2D eigenvalue weighted by Crippen LogP contribution is 2.33. The van der Waals surface area contributed by atoms with Crippen LogP contribution >= 0.6 is 22.5 Å². The first-order valence-electron chi connectivity index (χ1n) is 3.40. The number of benzene rings is 1. The molecular weight excluding hydrogens is 174 g/mol. The molecule has 0 saturated carbocycles. The van der Waals surface area contributed by atoms with Crippen molar-refractivity contribution >= 4 is 28.1 Å². The zero-order chi connectivity index (χ0) is 8.27. The summed E-state index contributed by atoms with van der Waals surface area (Å²) in [5.74, 6) is 0. The fourth-order valence-electron chi connectivity index (χ4n) is 0.938. The lowest BCUT2D eigenvalue weighted by Crippen LogP contribution is -1.94. The maximum atomic E-state index is 5.75. The summed E-state index contributed by atoms with van der Waals surface area (Å²) in [7, 11) is 1.51. The van der Waals surface area contributed by atoms with Crippen molar-refractivity contribution in [1.29, 1.82) is 0 Å². The molecule has 0 amide bonds. The van der Waals surface area contributed by atoms with Crippen molar-refractivity contribution in [3.8, 4) is 0 Å². The van der Waals surface area contributed by atoms with Crippen LogP contribution in [0.1, 0.15) is 17.7 Å². The monoisotopic (exact) mass is 185 g/mol. The first kappa shape index (κ1) is 8.81. The first-order valence-corrected chi connectivity index (χ1v) is 5.33. The lowest BCUT2D eigenvalue weighted by Gasteiger charge is -2.09. The fourth-order valence-corrected chi connectivity index (χ4v) is 1.61. The van der Waals surface area contributed by atoms with Crippen LogP contribution in [-0.4, -0.2) is 0 Å². The van der Waals surface area contributed by atoms with Crippen LogP contribution in [0.3, 0.4) is 0 Å². The van der Waals surface area contributed by atoms with Gasteiger partial charge in [-0.3, -0.25) is 0 Å². The van der Waals surface area contributed by atoms with Crippen LogP contribution in [0.25, 0.3) is 0 Å². The minimum absolute atomic E-state index is 0.361. The van der Waals surface area contributed by atoms with Gasteiger partial charge in [0.25, 0.3) is 0 Å². The van der Waals surface area contributed by atoms with Crippen molar-refractivity contribution in [2.75, 3.05) is 5.73 Å². The van der Waals surface area contributed by atoms with Gasteiger partial charge in [-0.1, -0.05) is 29.0 Å². The third-order valence-corrected chi connectivity index (χ3v) is 3.11. The molecule has 1 rings (SSSR count). The average molecular weight is 185 g/mol. The fraction of sp³-hybridized carbons (Fsp3) is 0.250. The Morgan fingerprint density at radius 1 is 1.45 bits per heavy atom. The molecule has 0 aromatic heterocycles. The van der Waals surface area contributed by atoms with Crippen LogP contribution in [0.4, 0.5) is 5.69 Å². The van der Waals surface area contributed by atoms with Crippen LogP contribution in [0.2, 0.25) is 0 Å². The van der Waals surface area contributed by atoms with Gasteiger partial charge in [-0.25, -0.2) is 0 Å². The average Bonchev–Trinajstić information content (AvgIpc) is 2.04. The van der Waals surface area contributed by atoms with Gasteiger partial charge in [-0.05, 0) is 18.6 Å². The van der Waals surface area contributed by atoms with E-state index in [2.05, 4.69) is 18.6 Å². The topological polar surface area (TPSA) is 26.0 Å². The molecule has 0 spiro atoms. The summed E-state index contributed by atoms with van der Waals surface area (Å²) in [6.45, 7) is 2.09. The second-order valence-electron chi connectivity index (χ2n) is 2.38. The molecule has 1 atom stereocenters. The van der Waals surface area contributed by atoms with Gasteiger partial charge in [0.15, 0.2) is 0 Å². The maximum absolute atomic E-state index is 5.75. The van der Waals surface area contributed by atoms with Gasteiger partial charge >= 0.3 is 0 Å². The van der Waals surface area contributed by atoms with Gasteiger partial charge in [0, 0.05) is 10.9 Å². The van der Waals surface area contributed by atoms with Crippen molar-refractivity contribution < 1.29 is 0 Å². The minimum atomic E-state index is 0.361. The van der Waals surface area contributed by atoms with Crippen molar-refractivity contribution in [2.24, 2.45) is 0 Å². The molecule has 1 nitrogen and oxygen atoms in total. The summed E-state index contributed by atoms with van der Waals surface area (Å²) in [4.78, 5) is 0. The highest BCUT2D eigenvalue weighted by molar-refractivity contribution is 8.68. The van der Waals surface area contributed by atoms with Gasteiger partial charge in [0.2, 0.25) is 0 Å². The molecule has 0 radical (unpaired) electrons. The van der Waals surface area contributed by atoms with Gasteiger partial charge in [-0.2, -0.15) is 0 Å². The highest BCUT2D eigenvalue weighted by atomic mass is 33.1. The number of rotatable bonds is 2. The normalized spacial score (nSPS) is 12.9. The first-order chi connectivity index (χ1) is 5.25. The second kappa shape index (κ2) is 3.93. The Kier molecular flexibility index (Phi) is 3.15. The van der Waals surface area contributed by atoms with Crippen molar-refractivity contribution in [3.63, 3.8) is 0 Å². The van der Waals surface area contributed by atoms with Gasteiger partial charge in [0.05, 0.1) is 0 Å². The number of hydrogen-bond acceptors (Lipinski definition) is 3. The summed E-state index contributed by atoms with van der Waals surface area (Å²) >= 11 is 4.14. The van der Waals surface area contributed by atoms with E-state index in [1.165, 1.54) is 10.8 Å². The van der Waals surface area contributed by atoms with E-state index in [9.17, 15) is 0 Å². The van der Waals surface area contributed by atoms with Crippen LogP contribution < -0.4 is 5.73 Å². The number of nitrogens with two attached hydrogens (primary N) is 1. The Morgan fingerprint density at radius 2 is 2.09 bits per heavy atom. The van der Waals surface area contributed by atoms with Crippen molar-refractivity contribution in [2.45, 2.75) is 12.2 Å². The predicted molar refractivity (Wildman–Crippen MR) is 55.8 cm³/mol. The SMILES string of the molecule is CC(SS)c1ccccc1N. The summed E-state index contributed by atoms with van der Waals surface area (Å²) in [5, 5.41) is 0.361. The summed E-state index contributed by atoms with van der Waals surface area (Å²) < 4.78 is 0. The molecule has 60 valence electrons. The lowest BCUT2D eigenvalue weighted by atomic mass is 10.1. The molecule has 0 saturated heterocycles. The Morgan fingerprint density at radius 3 is 2.64 bits per heavy atom. The molecule has 11 heavy (non-hydrogen) atoms. The number of hydrogen-bond donors (Lipinski definition) is 2. The van der Waals surface area contributed by atoms with Gasteiger partial charge in [0.1, 0.15) is 0 Å². The molecular formula is C8H11NS2. The Labute approximate surface area is 76.2 Å². The minimum Gasteiger partial charge on any atom is -0.398 e. The third-order valence-electron chi connectivity index (χ3n) is 1.59. The number of para-hydroxylation sites is 1. The molecule has 0 fully saturated rings. The van der Waals surface area contributed by atoms with E-state index >= 15 is 0 Å². The zero-order valence-corrected chi connectivity index (χ0v) is 8.03. The molecule has 1 aromatic rings. The van der Waals surface area contributed by atoms with Crippen molar-refractivity contribution in [3.05, 3.63) is 29.8 Å². The lowest BCUT2D eigenvalue weighted by molar-refractivity contribution is 1.11. The van der Waals surface area contributed by atoms with E-state index in [-0.39, 0.29) is 0 Å². The number of nitrogen functional groups attached to an aromatic ring is 1. The summed E-state index contributed by atoms with van der Waals surface area (Å²) in [6, 6.07) is 7.87. The van der Waals surface area contributed by atoms with E-state index < -0.39 is 0 Å². The Hall–Kier alpha value is -0.280. The standard InChI is InChI=1S/C8H11NS2/c1-6(11-10)7-4-2-3-5-8(7)9/h2-6,10H,9H2,1H3. The molecule has 0 aliphatic rings. The summed E-state index contributed by atoms with van der Waals surface area (Å²) in [5.41, 5.74) is 7.76. The molecule has 2 N–H and O–H groups in total. The smallest absolute Gasteiger partial charge is 0.0390 e. The molecule has 1 unspecified atom stereocenters. The second-order valence-corrected chi connectivity index (χ2v) is 3.93. The predicted octanol–water partition coefficient (Wildman–Crippen LogP) is 2.91. The van der Waals surface area contributed by atoms with Crippen LogP contribution in [0.15, 0.2) is 24.3 Å². The van der Waals surface area contributed by atoms with Crippen LogP contribution in [0.5, 0.6) is 0 Å². The van der Waals surface area contributed by atoms with E-state index in [0.29, 0.717) is 5.25 Å². The Bertz CT molecular complexity index is 237. The third kappa shape index (κ3) is 2.07. The molecule has 0 bridgehead atoms. The van der Waals surface area contributed by atoms with E-state index in [1.54, 1.807) is 0 Å². The van der Waals surface area contributed by atoms with Gasteiger partial charge < -0.3 is 5.73 Å². The number of thiol groups is 1. The Balaban J connectivity index is 2.93. The largest absolute Gasteiger partial charge is 0.398 e. The van der Waals surface area contributed by atoms with Crippen LogP contribution in [0, 0.1) is 0 Å². The van der Waals surface area contributed by atoms with Crippen LogP contribution in [-0.2, 0) is 0 Å². The zero-order valence-electron chi connectivity index (χ0n) is 6.32. The van der Waals surface area contributed by atoms with Gasteiger partial charge in [-0.15, -0.1) is 11.7 Å². The van der Waals surface area contributed by atoms with E-state index in [4.69, 9.17) is 5.73 Å². The molecule has 0 aliphatic heterocycles. The molecule has 0 heterocycles. The molecule has 3 heteroatoms. The maximum Gasteiger partial charge on any atom is 0.0390 e. The quantitative estimate of drug-likeness (QED) is 0.421. The van der Waals surface area contributed by atoms with E-state index in [1.807, 2.05) is 24.3 Å². The molecule has 1 aromatic carbocycles. The number of anilines is 1.